The minimum Gasteiger partial charge on any atom is -0.138 e. The highest BCUT2D eigenvalue weighted by molar-refractivity contribution is 7.16. The molecular formula is C13H29P. The molecular weight excluding hydrogens is 187 g/mol. The van der Waals surface area contributed by atoms with Crippen LogP contribution in [0.15, 0.2) is 0 Å². The van der Waals surface area contributed by atoms with Crippen molar-refractivity contribution in [2.24, 2.45) is 5.92 Å². The Bertz CT molecular complexity index is 91.4. The maximum Gasteiger partial charge on any atom is -0.0378 e. The molecule has 0 bridgehead atoms. The van der Waals surface area contributed by atoms with Crippen molar-refractivity contribution in [3.05, 3.63) is 0 Å². The van der Waals surface area contributed by atoms with Crippen molar-refractivity contribution in [3.63, 3.8) is 0 Å². The Labute approximate surface area is 93.4 Å². The lowest BCUT2D eigenvalue weighted by atomic mass is 9.93. The van der Waals surface area contributed by atoms with Crippen molar-refractivity contribution < 1.29 is 0 Å². The van der Waals surface area contributed by atoms with Gasteiger partial charge in [-0.1, -0.05) is 65.2 Å². The highest BCUT2D eigenvalue weighted by Gasteiger charge is 2.06. The quantitative estimate of drug-likeness (QED) is 0.355. The van der Waals surface area contributed by atoms with Gasteiger partial charge in [0.1, 0.15) is 0 Å². The summed E-state index contributed by atoms with van der Waals surface area (Å²) in [6, 6.07) is 0. The Hall–Kier alpha value is 0.430. The number of unbranched alkanes of at least 4 members (excludes halogenated alkanes) is 4. The van der Waals surface area contributed by atoms with Gasteiger partial charge in [-0.3, -0.25) is 0 Å². The van der Waals surface area contributed by atoms with Gasteiger partial charge in [0, 0.05) is 0 Å². The second-order valence-corrected chi connectivity index (χ2v) is 5.01. The van der Waals surface area contributed by atoms with Gasteiger partial charge in [0.15, 0.2) is 0 Å². The zero-order valence-electron chi connectivity index (χ0n) is 10.2. The first-order valence-electron chi connectivity index (χ1n) is 6.55. The fraction of sp³-hybridized carbons (Fsp3) is 1.00. The molecule has 0 heterocycles. The van der Waals surface area contributed by atoms with Gasteiger partial charge in [0.25, 0.3) is 0 Å². The zero-order valence-corrected chi connectivity index (χ0v) is 11.4. The van der Waals surface area contributed by atoms with Crippen LogP contribution < -0.4 is 0 Å². The van der Waals surface area contributed by atoms with E-state index in [4.69, 9.17) is 0 Å². The van der Waals surface area contributed by atoms with Crippen LogP contribution in [0.1, 0.15) is 71.6 Å². The normalized spacial score (nSPS) is 11.1. The van der Waals surface area contributed by atoms with Gasteiger partial charge in [-0.15, -0.1) is 9.24 Å². The summed E-state index contributed by atoms with van der Waals surface area (Å²) in [4.78, 5) is 0. The van der Waals surface area contributed by atoms with E-state index >= 15 is 0 Å². The first kappa shape index (κ1) is 14.4. The van der Waals surface area contributed by atoms with Crippen LogP contribution in [0.2, 0.25) is 0 Å². The van der Waals surface area contributed by atoms with Crippen LogP contribution in [0.3, 0.4) is 0 Å². The summed E-state index contributed by atoms with van der Waals surface area (Å²) in [6.45, 7) is 4.59. The summed E-state index contributed by atoms with van der Waals surface area (Å²) in [6.07, 6.45) is 14.2. The molecule has 0 aromatic heterocycles. The molecule has 1 unspecified atom stereocenters. The molecule has 0 saturated heterocycles. The average Bonchev–Trinajstić information content (AvgIpc) is 2.18. The van der Waals surface area contributed by atoms with E-state index in [0.717, 1.165) is 5.92 Å². The molecule has 1 heteroatoms. The molecule has 0 fully saturated rings. The van der Waals surface area contributed by atoms with Crippen molar-refractivity contribution in [2.75, 3.05) is 6.16 Å². The molecule has 0 aliphatic rings. The summed E-state index contributed by atoms with van der Waals surface area (Å²) in [5.41, 5.74) is 0. The SMILES string of the molecule is CCCCCC(CCP)CCCCC. The third-order valence-electron chi connectivity index (χ3n) is 3.01. The van der Waals surface area contributed by atoms with E-state index in [1.807, 2.05) is 0 Å². The maximum atomic E-state index is 2.88. The molecule has 86 valence electrons. The van der Waals surface area contributed by atoms with E-state index in [9.17, 15) is 0 Å². The largest absolute Gasteiger partial charge is 0.138 e. The lowest BCUT2D eigenvalue weighted by Gasteiger charge is -2.15. The van der Waals surface area contributed by atoms with Gasteiger partial charge < -0.3 is 0 Å². The molecule has 0 spiro atoms. The van der Waals surface area contributed by atoms with Gasteiger partial charge in [0.2, 0.25) is 0 Å². The van der Waals surface area contributed by atoms with E-state index in [1.165, 1.54) is 63.9 Å². The van der Waals surface area contributed by atoms with Crippen LogP contribution in [0, 0.1) is 5.92 Å². The lowest BCUT2D eigenvalue weighted by Crippen LogP contribution is -2.01. The molecule has 0 amide bonds. The van der Waals surface area contributed by atoms with Crippen LogP contribution >= 0.6 is 9.24 Å². The van der Waals surface area contributed by atoms with Gasteiger partial charge in [-0.2, -0.15) is 0 Å². The number of rotatable bonds is 10. The van der Waals surface area contributed by atoms with Crippen LogP contribution in [-0.4, -0.2) is 6.16 Å². The van der Waals surface area contributed by atoms with Crippen LogP contribution in [0.4, 0.5) is 0 Å². The Morgan fingerprint density at radius 1 is 0.786 bits per heavy atom. The first-order valence-corrected chi connectivity index (χ1v) is 7.36. The molecule has 0 rings (SSSR count). The van der Waals surface area contributed by atoms with E-state index in [-0.39, 0.29) is 0 Å². The predicted octanol–water partition coefficient (Wildman–Crippen LogP) is 5.03. The fourth-order valence-corrected chi connectivity index (χ4v) is 2.51. The third kappa shape index (κ3) is 9.00. The van der Waals surface area contributed by atoms with Gasteiger partial charge >= 0.3 is 0 Å². The summed E-state index contributed by atoms with van der Waals surface area (Å²) in [7, 11) is 2.88. The molecule has 14 heavy (non-hydrogen) atoms. The van der Waals surface area contributed by atoms with Crippen molar-refractivity contribution >= 4 is 9.24 Å². The summed E-state index contributed by atoms with van der Waals surface area (Å²) < 4.78 is 0. The van der Waals surface area contributed by atoms with Crippen LogP contribution in [-0.2, 0) is 0 Å². The monoisotopic (exact) mass is 216 g/mol. The second kappa shape index (κ2) is 11.5. The summed E-state index contributed by atoms with van der Waals surface area (Å²) in [5.74, 6) is 1.02. The molecule has 0 radical (unpaired) electrons. The molecule has 0 N–H and O–H groups in total. The molecule has 0 aliphatic heterocycles. The Kier molecular flexibility index (Phi) is 11.9. The highest BCUT2D eigenvalue weighted by Crippen LogP contribution is 2.21. The molecule has 0 nitrogen and oxygen atoms in total. The second-order valence-electron chi connectivity index (χ2n) is 4.43. The highest BCUT2D eigenvalue weighted by atomic mass is 31.0. The summed E-state index contributed by atoms with van der Waals surface area (Å²) in [5, 5.41) is 0. The zero-order chi connectivity index (χ0) is 10.6. The lowest BCUT2D eigenvalue weighted by molar-refractivity contribution is 0.402. The smallest absolute Gasteiger partial charge is 0.0378 e. The Morgan fingerprint density at radius 2 is 1.29 bits per heavy atom. The average molecular weight is 216 g/mol. The Balaban J connectivity index is 3.44. The van der Waals surface area contributed by atoms with Crippen LogP contribution in [0.25, 0.3) is 0 Å². The van der Waals surface area contributed by atoms with Crippen LogP contribution in [0.5, 0.6) is 0 Å². The molecule has 1 atom stereocenters. The Morgan fingerprint density at radius 3 is 1.64 bits per heavy atom. The van der Waals surface area contributed by atoms with Crippen molar-refractivity contribution in [2.45, 2.75) is 71.6 Å². The van der Waals surface area contributed by atoms with E-state index in [2.05, 4.69) is 23.1 Å². The topological polar surface area (TPSA) is 0 Å². The molecule has 0 aromatic carbocycles. The predicted molar refractivity (Wildman–Crippen MR) is 71.0 cm³/mol. The maximum absolute atomic E-state index is 2.88. The van der Waals surface area contributed by atoms with Crippen molar-refractivity contribution in [1.29, 1.82) is 0 Å². The standard InChI is InChI=1S/C13H29P/c1-3-5-7-9-13(11-12-14)10-8-6-4-2/h13H,3-12,14H2,1-2H3. The van der Waals surface area contributed by atoms with E-state index in [0.29, 0.717) is 0 Å². The number of hydrogen-bond donors (Lipinski definition) is 0. The van der Waals surface area contributed by atoms with Gasteiger partial charge in [-0.05, 0) is 18.5 Å². The first-order chi connectivity index (χ1) is 6.85. The van der Waals surface area contributed by atoms with Gasteiger partial charge in [0.05, 0.1) is 0 Å². The van der Waals surface area contributed by atoms with E-state index in [1.54, 1.807) is 0 Å². The fourth-order valence-electron chi connectivity index (χ4n) is 2.03. The summed E-state index contributed by atoms with van der Waals surface area (Å²) >= 11 is 0. The van der Waals surface area contributed by atoms with Gasteiger partial charge in [-0.25, -0.2) is 0 Å². The molecule has 0 saturated carbocycles. The molecule has 0 aliphatic carbocycles. The third-order valence-corrected chi connectivity index (χ3v) is 3.34. The number of hydrogen-bond acceptors (Lipinski definition) is 0. The minimum atomic E-state index is 1.02. The van der Waals surface area contributed by atoms with E-state index < -0.39 is 0 Å². The van der Waals surface area contributed by atoms with Crippen molar-refractivity contribution in [1.82, 2.24) is 0 Å². The minimum absolute atomic E-state index is 1.02. The van der Waals surface area contributed by atoms with Crippen molar-refractivity contribution in [3.8, 4) is 0 Å². The molecule has 0 aromatic rings.